The van der Waals surface area contributed by atoms with E-state index in [0.29, 0.717) is 16.8 Å². The van der Waals surface area contributed by atoms with Gasteiger partial charge in [0.25, 0.3) is 11.1 Å². The van der Waals surface area contributed by atoms with E-state index < -0.39 is 0 Å². The van der Waals surface area contributed by atoms with E-state index in [9.17, 15) is 9.59 Å². The van der Waals surface area contributed by atoms with Gasteiger partial charge in [0.1, 0.15) is 11.3 Å². The van der Waals surface area contributed by atoms with Gasteiger partial charge in [-0.3, -0.25) is 9.59 Å². The molecule has 7 heteroatoms. The minimum absolute atomic E-state index is 0.0653. The standard InChI is InChI=1S/C32H34N4O3/c1-18-8-7-9-19(2)31(18)39-28-17-36(23-10-11-23)29(37)15-24(28)26-16-34(5)32(38)30-25(26)14-27(33-30)22-12-20(3)35(6)21(4)13-22/h7-9,12-17,20,23,33H,10-11H2,1-6H3. The van der Waals surface area contributed by atoms with Crippen LogP contribution in [0.1, 0.15) is 49.6 Å². The molecule has 7 nitrogen and oxygen atoms in total. The molecule has 1 aliphatic carbocycles. The van der Waals surface area contributed by atoms with Gasteiger partial charge in [0, 0.05) is 66.3 Å². The normalized spacial score (nSPS) is 17.4. The molecule has 1 unspecified atom stereocenters. The number of para-hydroxylation sites is 1. The molecule has 4 aromatic rings. The predicted octanol–water partition coefficient (Wildman–Crippen LogP) is 6.06. The molecule has 1 atom stereocenters. The number of pyridine rings is 2. The van der Waals surface area contributed by atoms with Gasteiger partial charge in [-0.2, -0.15) is 0 Å². The Bertz CT molecular complexity index is 1790. The van der Waals surface area contributed by atoms with Crippen LogP contribution in [0.25, 0.3) is 27.6 Å². The van der Waals surface area contributed by atoms with Crippen molar-refractivity contribution in [2.24, 2.45) is 7.05 Å². The minimum Gasteiger partial charge on any atom is -0.455 e. The number of ether oxygens (including phenoxy) is 1. The highest BCUT2D eigenvalue weighted by molar-refractivity contribution is 5.98. The number of fused-ring (bicyclic) bond motifs is 1. The Balaban J connectivity index is 1.58. The summed E-state index contributed by atoms with van der Waals surface area (Å²) < 4.78 is 9.95. The lowest BCUT2D eigenvalue weighted by Crippen LogP contribution is -2.28. The van der Waals surface area contributed by atoms with Gasteiger partial charge in [0.15, 0.2) is 5.75 Å². The fraction of sp³-hybridized carbons (Fsp3) is 0.312. The van der Waals surface area contributed by atoms with Crippen molar-refractivity contribution in [3.8, 4) is 22.6 Å². The summed E-state index contributed by atoms with van der Waals surface area (Å²) in [4.78, 5) is 32.2. The molecule has 1 N–H and O–H groups in total. The first-order valence-corrected chi connectivity index (χ1v) is 13.5. The van der Waals surface area contributed by atoms with Crippen LogP contribution in [0.5, 0.6) is 11.5 Å². The molecule has 4 heterocycles. The lowest BCUT2D eigenvalue weighted by molar-refractivity contribution is 0.370. The molecule has 0 saturated heterocycles. The summed E-state index contributed by atoms with van der Waals surface area (Å²) in [5.41, 5.74) is 6.87. The number of allylic oxidation sites excluding steroid dienone is 3. The third kappa shape index (κ3) is 4.32. The second kappa shape index (κ2) is 9.19. The summed E-state index contributed by atoms with van der Waals surface area (Å²) in [6.45, 7) is 8.28. The summed E-state index contributed by atoms with van der Waals surface area (Å²) >= 11 is 0. The topological polar surface area (TPSA) is 72.3 Å². The summed E-state index contributed by atoms with van der Waals surface area (Å²) in [7, 11) is 3.81. The molecule has 3 aromatic heterocycles. The zero-order chi connectivity index (χ0) is 27.6. The molecule has 39 heavy (non-hydrogen) atoms. The van der Waals surface area contributed by atoms with Crippen LogP contribution in [-0.4, -0.2) is 32.1 Å². The number of hydrogen-bond donors (Lipinski definition) is 1. The monoisotopic (exact) mass is 522 g/mol. The van der Waals surface area contributed by atoms with E-state index in [0.717, 1.165) is 57.6 Å². The Morgan fingerprint density at radius 1 is 0.974 bits per heavy atom. The van der Waals surface area contributed by atoms with Crippen molar-refractivity contribution in [3.05, 3.63) is 98.1 Å². The van der Waals surface area contributed by atoms with Crippen molar-refractivity contribution in [2.45, 2.75) is 52.6 Å². The Hall–Kier alpha value is -4.26. The van der Waals surface area contributed by atoms with E-state index in [-0.39, 0.29) is 23.2 Å². The van der Waals surface area contributed by atoms with Crippen LogP contribution in [0.15, 0.2) is 70.2 Å². The first-order valence-electron chi connectivity index (χ1n) is 13.5. The van der Waals surface area contributed by atoms with E-state index in [4.69, 9.17) is 4.74 Å². The van der Waals surface area contributed by atoms with E-state index in [1.807, 2.05) is 50.5 Å². The number of aromatic amines is 1. The Labute approximate surface area is 227 Å². The molecule has 200 valence electrons. The van der Waals surface area contributed by atoms with Crippen LogP contribution in [0.2, 0.25) is 0 Å². The third-order valence-corrected chi connectivity index (χ3v) is 8.12. The number of nitrogens with one attached hydrogen (secondary N) is 1. The number of aromatic nitrogens is 3. The average Bonchev–Trinajstić information content (AvgIpc) is 3.64. The summed E-state index contributed by atoms with van der Waals surface area (Å²) in [6, 6.07) is 10.2. The Kier molecular flexibility index (Phi) is 5.90. The fourth-order valence-electron chi connectivity index (χ4n) is 5.47. The van der Waals surface area contributed by atoms with Gasteiger partial charge in [0.2, 0.25) is 0 Å². The number of hydrogen-bond acceptors (Lipinski definition) is 4. The summed E-state index contributed by atoms with van der Waals surface area (Å²) in [5.74, 6) is 1.38. The maximum atomic E-state index is 13.3. The zero-order valence-electron chi connectivity index (χ0n) is 23.3. The SMILES string of the molecule is CC1=CC(c2cc3c(-c4cc(=O)n(C5CC5)cc4Oc4c(C)cccc4C)cn(C)c(=O)c3[nH]2)=CC(C)N1C. The molecule has 2 aliphatic rings. The number of aryl methyl sites for hydroxylation is 3. The van der Waals surface area contributed by atoms with E-state index >= 15 is 0 Å². The number of rotatable bonds is 5. The molecule has 0 amide bonds. The highest BCUT2D eigenvalue weighted by Gasteiger charge is 2.27. The zero-order valence-corrected chi connectivity index (χ0v) is 23.3. The molecule has 1 saturated carbocycles. The van der Waals surface area contributed by atoms with Crippen LogP contribution in [0, 0.1) is 13.8 Å². The van der Waals surface area contributed by atoms with E-state index in [2.05, 4.69) is 42.9 Å². The number of H-pyrrole nitrogens is 1. The Morgan fingerprint density at radius 3 is 2.36 bits per heavy atom. The Morgan fingerprint density at radius 2 is 1.69 bits per heavy atom. The molecule has 1 aromatic carbocycles. The van der Waals surface area contributed by atoms with Gasteiger partial charge in [-0.15, -0.1) is 0 Å². The van der Waals surface area contributed by atoms with E-state index in [1.54, 1.807) is 22.2 Å². The van der Waals surface area contributed by atoms with E-state index in [1.165, 1.54) is 0 Å². The fourth-order valence-corrected chi connectivity index (χ4v) is 5.47. The smallest absolute Gasteiger partial charge is 0.274 e. The number of nitrogens with zero attached hydrogens (tertiary/aromatic N) is 3. The molecule has 6 rings (SSSR count). The lowest BCUT2D eigenvalue weighted by atomic mass is 10.0. The molecule has 0 bridgehead atoms. The van der Waals surface area contributed by atoms with Crippen molar-refractivity contribution in [1.29, 1.82) is 0 Å². The van der Waals surface area contributed by atoms with Crippen molar-refractivity contribution in [2.75, 3.05) is 7.05 Å². The van der Waals surface area contributed by atoms with Crippen molar-refractivity contribution >= 4 is 16.5 Å². The van der Waals surface area contributed by atoms with Gasteiger partial charge in [0.05, 0.1) is 6.20 Å². The maximum Gasteiger partial charge on any atom is 0.274 e. The van der Waals surface area contributed by atoms with Crippen LogP contribution < -0.4 is 15.9 Å². The molecule has 1 fully saturated rings. The number of likely N-dealkylation sites (N-methyl/N-ethyl adjacent to an activating group) is 1. The second-order valence-electron chi connectivity index (χ2n) is 11.0. The van der Waals surface area contributed by atoms with Crippen molar-refractivity contribution in [1.82, 2.24) is 19.0 Å². The van der Waals surface area contributed by atoms with Gasteiger partial charge in [-0.25, -0.2) is 0 Å². The van der Waals surface area contributed by atoms with Crippen LogP contribution in [0.3, 0.4) is 0 Å². The predicted molar refractivity (Wildman–Crippen MR) is 156 cm³/mol. The first-order chi connectivity index (χ1) is 18.6. The summed E-state index contributed by atoms with van der Waals surface area (Å²) in [6.07, 6.45) is 9.95. The molecular formula is C32H34N4O3. The lowest BCUT2D eigenvalue weighted by Gasteiger charge is -2.29. The highest BCUT2D eigenvalue weighted by atomic mass is 16.5. The van der Waals surface area contributed by atoms with Crippen LogP contribution >= 0.6 is 0 Å². The molecular weight excluding hydrogens is 488 g/mol. The second-order valence-corrected chi connectivity index (χ2v) is 11.0. The van der Waals surface area contributed by atoms with Crippen molar-refractivity contribution in [3.63, 3.8) is 0 Å². The first kappa shape index (κ1) is 25.0. The third-order valence-electron chi connectivity index (χ3n) is 8.12. The highest BCUT2D eigenvalue weighted by Crippen LogP contribution is 2.41. The van der Waals surface area contributed by atoms with Crippen molar-refractivity contribution < 1.29 is 4.74 Å². The van der Waals surface area contributed by atoms with Gasteiger partial charge >= 0.3 is 0 Å². The van der Waals surface area contributed by atoms with Gasteiger partial charge in [-0.05, 0) is 69.4 Å². The molecule has 0 spiro atoms. The molecule has 0 radical (unpaired) electrons. The van der Waals surface area contributed by atoms with Crippen LogP contribution in [-0.2, 0) is 7.05 Å². The average molecular weight is 523 g/mol. The van der Waals surface area contributed by atoms with Crippen LogP contribution in [0.4, 0.5) is 0 Å². The van der Waals surface area contributed by atoms with Gasteiger partial charge < -0.3 is 23.8 Å². The summed E-state index contributed by atoms with van der Waals surface area (Å²) in [5, 5.41) is 0.765. The number of benzene rings is 1. The maximum absolute atomic E-state index is 13.3. The quantitative estimate of drug-likeness (QED) is 0.346. The van der Waals surface area contributed by atoms with Gasteiger partial charge in [-0.1, -0.05) is 24.3 Å². The largest absolute Gasteiger partial charge is 0.455 e. The molecule has 1 aliphatic heterocycles. The minimum atomic E-state index is -0.120.